The van der Waals surface area contributed by atoms with Crippen molar-refractivity contribution in [2.24, 2.45) is 0 Å². The molecule has 0 radical (unpaired) electrons. The molecule has 1 aromatic rings. The van der Waals surface area contributed by atoms with Crippen molar-refractivity contribution in [1.82, 2.24) is 4.90 Å². The Morgan fingerprint density at radius 3 is 2.55 bits per heavy atom. The summed E-state index contributed by atoms with van der Waals surface area (Å²) in [4.78, 5) is 13.9. The Bertz CT molecular complexity index is 409. The molecule has 1 rings (SSSR count). The van der Waals surface area contributed by atoms with Crippen LogP contribution in [0.1, 0.15) is 25.8 Å². The lowest BCUT2D eigenvalue weighted by Gasteiger charge is -2.26. The van der Waals surface area contributed by atoms with Crippen molar-refractivity contribution in [2.75, 3.05) is 18.9 Å². The lowest BCUT2D eigenvalue weighted by Crippen LogP contribution is -2.39. The molecule has 0 saturated carbocycles. The number of hydrogen-bond donors (Lipinski definition) is 1. The fraction of sp³-hybridized carbons (Fsp3) is 0.533. The van der Waals surface area contributed by atoms with Crippen LogP contribution >= 0.6 is 11.8 Å². The summed E-state index contributed by atoms with van der Waals surface area (Å²) in [6, 6.07) is 6.47. The van der Waals surface area contributed by atoms with Crippen LogP contribution in [-0.2, 0) is 10.5 Å². The molecule has 1 amide bonds. The van der Waals surface area contributed by atoms with Gasteiger partial charge in [-0.25, -0.2) is 4.39 Å². The molecule has 3 nitrogen and oxygen atoms in total. The van der Waals surface area contributed by atoms with E-state index in [2.05, 4.69) is 0 Å². The maximum absolute atomic E-state index is 12.8. The van der Waals surface area contributed by atoms with Crippen LogP contribution in [0.15, 0.2) is 24.3 Å². The second-order valence-electron chi connectivity index (χ2n) is 4.88. The average Bonchev–Trinajstić information content (AvgIpc) is 2.41. The molecule has 20 heavy (non-hydrogen) atoms. The highest BCUT2D eigenvalue weighted by atomic mass is 32.2. The van der Waals surface area contributed by atoms with Crippen LogP contribution in [0.4, 0.5) is 4.39 Å². The van der Waals surface area contributed by atoms with E-state index in [0.29, 0.717) is 24.5 Å². The lowest BCUT2D eigenvalue weighted by molar-refractivity contribution is -0.130. The van der Waals surface area contributed by atoms with Gasteiger partial charge in [-0.3, -0.25) is 4.79 Å². The third-order valence-corrected chi connectivity index (χ3v) is 3.90. The summed E-state index contributed by atoms with van der Waals surface area (Å²) in [7, 11) is 0. The molecule has 0 saturated heterocycles. The second kappa shape index (κ2) is 8.97. The summed E-state index contributed by atoms with van der Waals surface area (Å²) in [6.45, 7) is 4.63. The third-order valence-electron chi connectivity index (χ3n) is 2.91. The van der Waals surface area contributed by atoms with Gasteiger partial charge < -0.3 is 10.0 Å². The highest BCUT2D eigenvalue weighted by Gasteiger charge is 2.16. The zero-order valence-electron chi connectivity index (χ0n) is 12.0. The Balaban J connectivity index is 2.38. The molecule has 0 aliphatic carbocycles. The van der Waals surface area contributed by atoms with Crippen molar-refractivity contribution in [1.29, 1.82) is 0 Å². The molecule has 0 bridgehead atoms. The minimum Gasteiger partial charge on any atom is -0.396 e. The maximum Gasteiger partial charge on any atom is 0.232 e. The molecule has 0 heterocycles. The summed E-state index contributed by atoms with van der Waals surface area (Å²) >= 11 is 1.52. The van der Waals surface area contributed by atoms with Crippen LogP contribution in [0.3, 0.4) is 0 Å². The predicted molar refractivity (Wildman–Crippen MR) is 81.1 cm³/mol. The zero-order valence-corrected chi connectivity index (χ0v) is 12.8. The van der Waals surface area contributed by atoms with Gasteiger partial charge in [0.25, 0.3) is 0 Å². The van der Waals surface area contributed by atoms with Gasteiger partial charge in [-0.2, -0.15) is 0 Å². The van der Waals surface area contributed by atoms with E-state index in [0.717, 1.165) is 5.56 Å². The first-order chi connectivity index (χ1) is 9.54. The molecule has 0 aliphatic rings. The molecular weight excluding hydrogens is 277 g/mol. The topological polar surface area (TPSA) is 40.5 Å². The Labute approximate surface area is 124 Å². The molecule has 5 heteroatoms. The molecule has 0 spiro atoms. The number of nitrogens with zero attached hydrogens (tertiary/aromatic N) is 1. The molecular formula is C15H22FNO2S. The van der Waals surface area contributed by atoms with Crippen LogP contribution in [-0.4, -0.2) is 40.9 Å². The quantitative estimate of drug-likeness (QED) is 0.802. The van der Waals surface area contributed by atoms with Crippen molar-refractivity contribution in [3.05, 3.63) is 35.6 Å². The third kappa shape index (κ3) is 5.92. The zero-order chi connectivity index (χ0) is 15.0. The van der Waals surface area contributed by atoms with Gasteiger partial charge in [0.05, 0.1) is 5.75 Å². The standard InChI is InChI=1S/C15H22FNO2S/c1-12(2)17(8-3-9-18)15(19)11-20-10-13-4-6-14(16)7-5-13/h4-7,12,18H,3,8-11H2,1-2H3. The summed E-state index contributed by atoms with van der Waals surface area (Å²) in [5.41, 5.74) is 1.01. The summed E-state index contributed by atoms with van der Waals surface area (Å²) in [5.74, 6) is 0.934. The van der Waals surface area contributed by atoms with Crippen molar-refractivity contribution < 1.29 is 14.3 Å². The number of hydrogen-bond acceptors (Lipinski definition) is 3. The Hall–Kier alpha value is -1.07. The second-order valence-corrected chi connectivity index (χ2v) is 5.86. The van der Waals surface area contributed by atoms with Crippen LogP contribution < -0.4 is 0 Å². The van der Waals surface area contributed by atoms with Crippen molar-refractivity contribution in [2.45, 2.75) is 32.1 Å². The van der Waals surface area contributed by atoms with Crippen LogP contribution in [0.5, 0.6) is 0 Å². The molecule has 1 aromatic carbocycles. The van der Waals surface area contributed by atoms with E-state index < -0.39 is 0 Å². The highest BCUT2D eigenvalue weighted by Crippen LogP contribution is 2.14. The van der Waals surface area contributed by atoms with E-state index in [9.17, 15) is 9.18 Å². The van der Waals surface area contributed by atoms with E-state index in [1.807, 2.05) is 13.8 Å². The Morgan fingerprint density at radius 1 is 1.35 bits per heavy atom. The number of aliphatic hydroxyl groups excluding tert-OH is 1. The Morgan fingerprint density at radius 2 is 2.00 bits per heavy atom. The molecule has 112 valence electrons. The highest BCUT2D eigenvalue weighted by molar-refractivity contribution is 7.99. The molecule has 1 N–H and O–H groups in total. The van der Waals surface area contributed by atoms with Crippen molar-refractivity contribution in [3.8, 4) is 0 Å². The maximum atomic E-state index is 12.8. The first-order valence-corrected chi connectivity index (χ1v) is 7.92. The van der Waals surface area contributed by atoms with Gasteiger partial charge in [-0.1, -0.05) is 12.1 Å². The molecule has 0 atom stereocenters. The van der Waals surface area contributed by atoms with Crippen LogP contribution in [0, 0.1) is 5.82 Å². The molecule has 0 fully saturated rings. The van der Waals surface area contributed by atoms with Gasteiger partial charge in [0, 0.05) is 24.9 Å². The number of rotatable bonds is 8. The van der Waals surface area contributed by atoms with Gasteiger partial charge in [0.1, 0.15) is 5.82 Å². The minimum absolute atomic E-state index is 0.0839. The normalized spacial score (nSPS) is 10.8. The first kappa shape index (κ1) is 17.0. The first-order valence-electron chi connectivity index (χ1n) is 6.77. The van der Waals surface area contributed by atoms with E-state index >= 15 is 0 Å². The monoisotopic (exact) mass is 299 g/mol. The summed E-state index contributed by atoms with van der Waals surface area (Å²) in [6.07, 6.45) is 0.604. The number of thioether (sulfide) groups is 1. The van der Waals surface area contributed by atoms with Crippen molar-refractivity contribution >= 4 is 17.7 Å². The number of amides is 1. The van der Waals surface area contributed by atoms with Gasteiger partial charge in [0.15, 0.2) is 0 Å². The number of carbonyl (C=O) groups is 1. The van der Waals surface area contributed by atoms with Gasteiger partial charge in [-0.15, -0.1) is 11.8 Å². The number of benzene rings is 1. The van der Waals surface area contributed by atoms with Gasteiger partial charge in [-0.05, 0) is 38.0 Å². The van der Waals surface area contributed by atoms with Crippen LogP contribution in [0.25, 0.3) is 0 Å². The molecule has 0 aromatic heterocycles. The Kier molecular flexibility index (Phi) is 7.62. The van der Waals surface area contributed by atoms with E-state index in [1.54, 1.807) is 17.0 Å². The van der Waals surface area contributed by atoms with Crippen molar-refractivity contribution in [3.63, 3.8) is 0 Å². The van der Waals surface area contributed by atoms with E-state index in [4.69, 9.17) is 5.11 Å². The average molecular weight is 299 g/mol. The van der Waals surface area contributed by atoms with Gasteiger partial charge in [0.2, 0.25) is 5.91 Å². The number of halogens is 1. The summed E-state index contributed by atoms with van der Waals surface area (Å²) in [5, 5.41) is 8.85. The SMILES string of the molecule is CC(C)N(CCCO)C(=O)CSCc1ccc(F)cc1. The van der Waals surface area contributed by atoms with Gasteiger partial charge >= 0.3 is 0 Å². The predicted octanol–water partition coefficient (Wildman–Crippen LogP) is 2.68. The molecule has 0 aliphatic heterocycles. The largest absolute Gasteiger partial charge is 0.396 e. The number of aliphatic hydroxyl groups is 1. The van der Waals surface area contributed by atoms with E-state index in [1.165, 1.54) is 23.9 Å². The minimum atomic E-state index is -0.246. The van der Waals surface area contributed by atoms with Crippen LogP contribution in [0.2, 0.25) is 0 Å². The fourth-order valence-electron chi connectivity index (χ4n) is 1.83. The lowest BCUT2D eigenvalue weighted by atomic mass is 10.2. The smallest absolute Gasteiger partial charge is 0.232 e. The summed E-state index contributed by atoms with van der Waals surface area (Å²) < 4.78 is 12.8. The number of carbonyl (C=O) groups excluding carboxylic acids is 1. The van der Waals surface area contributed by atoms with E-state index in [-0.39, 0.29) is 24.4 Å². The molecule has 0 unspecified atom stereocenters. The fourth-order valence-corrected chi connectivity index (χ4v) is 2.70.